The van der Waals surface area contributed by atoms with Crippen LogP contribution >= 0.6 is 0 Å². The van der Waals surface area contributed by atoms with E-state index < -0.39 is 0 Å². The Morgan fingerprint density at radius 2 is 2.32 bits per heavy atom. The molecular weight excluding hydrogens is 240 g/mol. The van der Waals surface area contributed by atoms with Crippen LogP contribution in [-0.2, 0) is 0 Å². The third-order valence-electron chi connectivity index (χ3n) is 4.12. The third-order valence-corrected chi connectivity index (χ3v) is 4.12. The second-order valence-electron chi connectivity index (χ2n) is 5.48. The van der Waals surface area contributed by atoms with Crippen LogP contribution in [0.1, 0.15) is 25.7 Å². The number of amides is 2. The maximum atomic E-state index is 12.2. The average Bonchev–Trinajstić information content (AvgIpc) is 2.85. The minimum atomic E-state index is -0.0389. The van der Waals surface area contributed by atoms with Crippen molar-refractivity contribution >= 4 is 11.8 Å². The largest absolute Gasteiger partial charge is 0.323 e. The van der Waals surface area contributed by atoms with Crippen LogP contribution in [-0.4, -0.2) is 41.1 Å². The van der Waals surface area contributed by atoms with E-state index in [0.29, 0.717) is 5.82 Å². The summed E-state index contributed by atoms with van der Waals surface area (Å²) in [7, 11) is 0. The number of carbonyl (C=O) groups is 1. The van der Waals surface area contributed by atoms with Gasteiger partial charge in [0.15, 0.2) is 0 Å². The van der Waals surface area contributed by atoms with Gasteiger partial charge in [-0.1, -0.05) is 12.5 Å². The predicted molar refractivity (Wildman–Crippen MR) is 74.0 cm³/mol. The SMILES string of the molecule is O=C(Nc1ccccn1)N1CCC2(CCCCN2)C1. The zero-order valence-electron chi connectivity index (χ0n) is 11.1. The summed E-state index contributed by atoms with van der Waals surface area (Å²) in [5.74, 6) is 0.616. The first-order chi connectivity index (χ1) is 9.27. The molecule has 2 aliphatic rings. The minimum absolute atomic E-state index is 0.0389. The Morgan fingerprint density at radius 1 is 1.37 bits per heavy atom. The van der Waals surface area contributed by atoms with E-state index in [1.54, 1.807) is 6.20 Å². The van der Waals surface area contributed by atoms with E-state index >= 15 is 0 Å². The molecule has 1 spiro atoms. The third kappa shape index (κ3) is 2.71. The van der Waals surface area contributed by atoms with Crippen molar-refractivity contribution in [1.82, 2.24) is 15.2 Å². The molecular formula is C14H20N4O. The Morgan fingerprint density at radius 3 is 3.05 bits per heavy atom. The number of hydrogen-bond acceptors (Lipinski definition) is 3. The fourth-order valence-electron chi connectivity index (χ4n) is 3.05. The smallest absolute Gasteiger partial charge is 0.323 e. The highest BCUT2D eigenvalue weighted by Gasteiger charge is 2.40. The van der Waals surface area contributed by atoms with Crippen molar-refractivity contribution in [2.45, 2.75) is 31.2 Å². The molecule has 2 saturated heterocycles. The number of urea groups is 1. The molecule has 5 nitrogen and oxygen atoms in total. The lowest BCUT2D eigenvalue weighted by Crippen LogP contribution is -2.51. The van der Waals surface area contributed by atoms with Crippen LogP contribution in [0.2, 0.25) is 0 Å². The first-order valence-electron chi connectivity index (χ1n) is 6.99. The van der Waals surface area contributed by atoms with Gasteiger partial charge in [0.2, 0.25) is 0 Å². The van der Waals surface area contributed by atoms with Crippen molar-refractivity contribution in [2.24, 2.45) is 0 Å². The maximum Gasteiger partial charge on any atom is 0.323 e. The quantitative estimate of drug-likeness (QED) is 0.810. The standard InChI is InChI=1S/C14H20N4O/c19-13(17-12-5-1-3-8-15-12)18-10-7-14(11-18)6-2-4-9-16-14/h1,3,5,8,16H,2,4,6-7,9-11H2,(H,15,17,19). The van der Waals surface area contributed by atoms with Crippen molar-refractivity contribution < 1.29 is 4.79 Å². The van der Waals surface area contributed by atoms with Crippen molar-refractivity contribution in [2.75, 3.05) is 25.0 Å². The zero-order chi connectivity index (χ0) is 13.1. The number of anilines is 1. The van der Waals surface area contributed by atoms with Gasteiger partial charge in [-0.3, -0.25) is 5.32 Å². The second-order valence-corrected chi connectivity index (χ2v) is 5.48. The summed E-state index contributed by atoms with van der Waals surface area (Å²) in [5, 5.41) is 6.46. The summed E-state index contributed by atoms with van der Waals surface area (Å²) >= 11 is 0. The topological polar surface area (TPSA) is 57.3 Å². The van der Waals surface area contributed by atoms with Gasteiger partial charge in [-0.15, -0.1) is 0 Å². The van der Waals surface area contributed by atoms with Gasteiger partial charge >= 0.3 is 6.03 Å². The summed E-state index contributed by atoms with van der Waals surface area (Å²) < 4.78 is 0. The summed E-state index contributed by atoms with van der Waals surface area (Å²) in [4.78, 5) is 18.2. The van der Waals surface area contributed by atoms with Crippen molar-refractivity contribution in [1.29, 1.82) is 0 Å². The highest BCUT2D eigenvalue weighted by Crippen LogP contribution is 2.29. The molecule has 5 heteroatoms. The van der Waals surface area contributed by atoms with Gasteiger partial charge in [0.1, 0.15) is 5.82 Å². The van der Waals surface area contributed by atoms with E-state index in [1.807, 2.05) is 23.1 Å². The lowest BCUT2D eigenvalue weighted by Gasteiger charge is -2.34. The molecule has 19 heavy (non-hydrogen) atoms. The Kier molecular flexibility index (Phi) is 3.38. The zero-order valence-corrected chi connectivity index (χ0v) is 11.1. The Hall–Kier alpha value is -1.62. The fraction of sp³-hybridized carbons (Fsp3) is 0.571. The van der Waals surface area contributed by atoms with Crippen molar-refractivity contribution in [3.8, 4) is 0 Å². The van der Waals surface area contributed by atoms with Crippen LogP contribution in [0.5, 0.6) is 0 Å². The van der Waals surface area contributed by atoms with Crippen LogP contribution in [0, 0.1) is 0 Å². The number of nitrogens with one attached hydrogen (secondary N) is 2. The Balaban J connectivity index is 1.60. The van der Waals surface area contributed by atoms with E-state index in [0.717, 1.165) is 26.1 Å². The number of rotatable bonds is 1. The van der Waals surface area contributed by atoms with Crippen LogP contribution < -0.4 is 10.6 Å². The molecule has 0 saturated carbocycles. The summed E-state index contributed by atoms with van der Waals surface area (Å²) in [5.41, 5.74) is 0.166. The molecule has 3 heterocycles. The molecule has 0 aromatic carbocycles. The highest BCUT2D eigenvalue weighted by molar-refractivity contribution is 5.88. The average molecular weight is 260 g/mol. The molecule has 2 fully saturated rings. The van der Waals surface area contributed by atoms with Gasteiger partial charge in [-0.05, 0) is 37.9 Å². The van der Waals surface area contributed by atoms with Crippen LogP contribution in [0.4, 0.5) is 10.6 Å². The molecule has 3 rings (SSSR count). The van der Waals surface area contributed by atoms with Crippen molar-refractivity contribution in [3.63, 3.8) is 0 Å². The summed E-state index contributed by atoms with van der Waals surface area (Å²) in [6.45, 7) is 2.72. The number of pyridine rings is 1. The molecule has 0 radical (unpaired) electrons. The number of carbonyl (C=O) groups excluding carboxylic acids is 1. The van der Waals surface area contributed by atoms with Gasteiger partial charge in [0.05, 0.1) is 0 Å². The lowest BCUT2D eigenvalue weighted by molar-refractivity contribution is 0.210. The molecule has 1 unspecified atom stereocenters. The van der Waals surface area contributed by atoms with Gasteiger partial charge in [-0.25, -0.2) is 9.78 Å². The number of piperidine rings is 1. The van der Waals surface area contributed by atoms with Crippen LogP contribution in [0.3, 0.4) is 0 Å². The number of hydrogen-bond donors (Lipinski definition) is 2. The second kappa shape index (κ2) is 5.17. The first-order valence-corrected chi connectivity index (χ1v) is 6.99. The van der Waals surface area contributed by atoms with Crippen molar-refractivity contribution in [3.05, 3.63) is 24.4 Å². The Labute approximate surface area is 113 Å². The normalized spacial score (nSPS) is 26.6. The number of nitrogens with zero attached hydrogens (tertiary/aromatic N) is 2. The van der Waals surface area contributed by atoms with E-state index in [2.05, 4.69) is 15.6 Å². The molecule has 102 valence electrons. The molecule has 2 N–H and O–H groups in total. The monoisotopic (exact) mass is 260 g/mol. The van der Waals surface area contributed by atoms with Gasteiger partial charge < -0.3 is 10.2 Å². The molecule has 0 aliphatic carbocycles. The molecule has 1 aromatic heterocycles. The van der Waals surface area contributed by atoms with Crippen LogP contribution in [0.15, 0.2) is 24.4 Å². The molecule has 1 aromatic rings. The number of aromatic nitrogens is 1. The van der Waals surface area contributed by atoms with Gasteiger partial charge in [0, 0.05) is 24.8 Å². The van der Waals surface area contributed by atoms with E-state index in [9.17, 15) is 4.79 Å². The molecule has 2 amide bonds. The molecule has 1 atom stereocenters. The fourth-order valence-corrected chi connectivity index (χ4v) is 3.05. The van der Waals surface area contributed by atoms with Gasteiger partial charge in [0.25, 0.3) is 0 Å². The predicted octanol–water partition coefficient (Wildman–Crippen LogP) is 1.83. The maximum absolute atomic E-state index is 12.2. The van der Waals surface area contributed by atoms with Gasteiger partial charge in [-0.2, -0.15) is 0 Å². The minimum Gasteiger partial charge on any atom is -0.323 e. The van der Waals surface area contributed by atoms with E-state index in [4.69, 9.17) is 0 Å². The summed E-state index contributed by atoms with van der Waals surface area (Å²) in [6.07, 6.45) is 6.44. The highest BCUT2D eigenvalue weighted by atomic mass is 16.2. The van der Waals surface area contributed by atoms with Crippen LogP contribution in [0.25, 0.3) is 0 Å². The molecule has 0 bridgehead atoms. The Bertz CT molecular complexity index is 442. The summed E-state index contributed by atoms with van der Waals surface area (Å²) in [6, 6.07) is 5.48. The van der Waals surface area contributed by atoms with E-state index in [1.165, 1.54) is 19.3 Å². The lowest BCUT2D eigenvalue weighted by atomic mass is 9.88. The first kappa shape index (κ1) is 12.4. The van der Waals surface area contributed by atoms with E-state index in [-0.39, 0.29) is 11.6 Å². The molecule has 2 aliphatic heterocycles. The number of likely N-dealkylation sites (tertiary alicyclic amines) is 1.